The number of hydrogen-bond acceptors (Lipinski definition) is 4. The van der Waals surface area contributed by atoms with Gasteiger partial charge < -0.3 is 15.1 Å². The minimum absolute atomic E-state index is 0.0403. The third kappa shape index (κ3) is 5.10. The average Bonchev–Trinajstić information content (AvgIpc) is 2.84. The predicted molar refractivity (Wildman–Crippen MR) is 128 cm³/mol. The summed E-state index contributed by atoms with van der Waals surface area (Å²) >= 11 is 0. The molecule has 0 heterocycles. The number of phenols is 1. The summed E-state index contributed by atoms with van der Waals surface area (Å²) in [6, 6.07) is 30.9. The number of carboxylic acids is 1. The van der Waals surface area contributed by atoms with Crippen molar-refractivity contribution in [3.8, 4) is 5.75 Å². The normalized spacial score (nSPS) is 10.5. The first-order valence-corrected chi connectivity index (χ1v) is 10.6. The summed E-state index contributed by atoms with van der Waals surface area (Å²) in [7, 11) is 0. The van der Waals surface area contributed by atoms with Gasteiger partial charge >= 0.3 is 5.97 Å². The number of benzene rings is 4. The van der Waals surface area contributed by atoms with Gasteiger partial charge in [0.2, 0.25) is 0 Å². The molecule has 0 aliphatic heterocycles. The Hall–Kier alpha value is -4.38. The Balaban J connectivity index is 1.67. The molecule has 164 valence electrons. The number of hydrogen-bond donors (Lipinski definition) is 2. The van der Waals surface area contributed by atoms with Gasteiger partial charge in [-0.1, -0.05) is 78.9 Å². The molecule has 0 spiro atoms. The second kappa shape index (κ2) is 9.83. The number of carboxylic acid groups (broad SMARTS) is 1. The van der Waals surface area contributed by atoms with Gasteiger partial charge in [-0.15, -0.1) is 0 Å². The molecule has 0 unspecified atom stereocenters. The molecule has 0 aromatic heterocycles. The molecule has 0 aliphatic rings. The third-order valence-corrected chi connectivity index (χ3v) is 5.43. The maximum atomic E-state index is 13.0. The Morgan fingerprint density at radius 3 is 1.67 bits per heavy atom. The molecule has 2 N–H and O–H groups in total. The van der Waals surface area contributed by atoms with Gasteiger partial charge in [0.15, 0.2) is 5.78 Å². The number of aromatic hydroxyl groups is 1. The summed E-state index contributed by atoms with van der Waals surface area (Å²) in [5.41, 5.74) is 2.99. The smallest absolute Gasteiger partial charge is 0.336 e. The van der Waals surface area contributed by atoms with E-state index >= 15 is 0 Å². The van der Waals surface area contributed by atoms with Crippen LogP contribution in [0.5, 0.6) is 5.75 Å². The van der Waals surface area contributed by atoms with E-state index in [2.05, 4.69) is 4.90 Å². The lowest BCUT2D eigenvalue weighted by Gasteiger charge is -2.26. The highest BCUT2D eigenvalue weighted by Crippen LogP contribution is 2.29. The lowest BCUT2D eigenvalue weighted by molar-refractivity contribution is 0.0692. The van der Waals surface area contributed by atoms with Crippen LogP contribution in [-0.4, -0.2) is 22.0 Å². The summed E-state index contributed by atoms with van der Waals surface area (Å²) in [6.07, 6.45) is 0. The average molecular weight is 437 g/mol. The molecule has 5 heteroatoms. The van der Waals surface area contributed by atoms with Crippen molar-refractivity contribution in [3.05, 3.63) is 131 Å². The molecular formula is C28H23NO4. The largest absolute Gasteiger partial charge is 0.507 e. The number of anilines is 1. The van der Waals surface area contributed by atoms with Gasteiger partial charge in [-0.3, -0.25) is 4.79 Å². The van der Waals surface area contributed by atoms with Gasteiger partial charge in [0.25, 0.3) is 0 Å². The summed E-state index contributed by atoms with van der Waals surface area (Å²) in [6.45, 7) is 1.23. The monoisotopic (exact) mass is 437 g/mol. The molecule has 0 atom stereocenters. The molecule has 4 aromatic rings. The van der Waals surface area contributed by atoms with E-state index in [0.717, 1.165) is 16.8 Å². The number of carbonyl (C=O) groups is 2. The van der Waals surface area contributed by atoms with Crippen molar-refractivity contribution in [2.45, 2.75) is 13.1 Å². The molecule has 4 rings (SSSR count). The Kier molecular flexibility index (Phi) is 6.51. The van der Waals surface area contributed by atoms with Crippen molar-refractivity contribution in [3.63, 3.8) is 0 Å². The third-order valence-electron chi connectivity index (χ3n) is 5.43. The highest BCUT2D eigenvalue weighted by molar-refractivity contribution is 6.15. The maximum absolute atomic E-state index is 13.0. The Morgan fingerprint density at radius 2 is 1.15 bits per heavy atom. The number of rotatable bonds is 8. The van der Waals surface area contributed by atoms with Crippen LogP contribution in [0.4, 0.5) is 5.69 Å². The molecule has 0 saturated carbocycles. The fraction of sp³-hybridized carbons (Fsp3) is 0.0714. The molecule has 4 aromatic carbocycles. The highest BCUT2D eigenvalue weighted by atomic mass is 16.4. The summed E-state index contributed by atoms with van der Waals surface area (Å²) in [4.78, 5) is 26.6. The van der Waals surface area contributed by atoms with Gasteiger partial charge in [0.1, 0.15) is 5.75 Å². The van der Waals surface area contributed by atoms with Crippen molar-refractivity contribution in [1.82, 2.24) is 0 Å². The van der Waals surface area contributed by atoms with Gasteiger partial charge in [0, 0.05) is 30.4 Å². The van der Waals surface area contributed by atoms with E-state index in [0.29, 0.717) is 13.1 Å². The quantitative estimate of drug-likeness (QED) is 0.355. The molecule has 0 bridgehead atoms. The number of aromatic carboxylic acids is 1. The maximum Gasteiger partial charge on any atom is 0.336 e. The van der Waals surface area contributed by atoms with Crippen molar-refractivity contribution >= 4 is 17.4 Å². The van der Waals surface area contributed by atoms with Crippen LogP contribution < -0.4 is 4.90 Å². The first kappa shape index (κ1) is 21.8. The Labute approximate surface area is 192 Å². The summed E-state index contributed by atoms with van der Waals surface area (Å²) in [5, 5.41) is 20.1. The van der Waals surface area contributed by atoms with Crippen LogP contribution in [0.15, 0.2) is 103 Å². The molecule has 0 radical (unpaired) electrons. The molecule has 0 aliphatic carbocycles. The Morgan fingerprint density at radius 1 is 0.636 bits per heavy atom. The predicted octanol–water partition coefficient (Wildman–Crippen LogP) is 5.53. The van der Waals surface area contributed by atoms with E-state index < -0.39 is 11.8 Å². The molecule has 5 nitrogen and oxygen atoms in total. The molecule has 0 fully saturated rings. The fourth-order valence-electron chi connectivity index (χ4n) is 3.77. The summed E-state index contributed by atoms with van der Waals surface area (Å²) in [5.74, 6) is -1.91. The van der Waals surface area contributed by atoms with Crippen LogP contribution in [0.3, 0.4) is 0 Å². The number of carbonyl (C=O) groups excluding carboxylic acids is 1. The van der Waals surface area contributed by atoms with Gasteiger partial charge in [-0.2, -0.15) is 0 Å². The van der Waals surface area contributed by atoms with Crippen LogP contribution in [-0.2, 0) is 13.1 Å². The van der Waals surface area contributed by atoms with E-state index in [1.165, 1.54) is 12.1 Å². The van der Waals surface area contributed by atoms with Gasteiger partial charge in [-0.05, 0) is 29.3 Å². The summed E-state index contributed by atoms with van der Waals surface area (Å²) < 4.78 is 0. The first-order valence-electron chi connectivity index (χ1n) is 10.6. The molecular weight excluding hydrogens is 414 g/mol. The second-order valence-corrected chi connectivity index (χ2v) is 7.71. The molecule has 0 amide bonds. The zero-order valence-corrected chi connectivity index (χ0v) is 17.9. The number of ketones is 1. The minimum atomic E-state index is -1.19. The zero-order valence-electron chi connectivity index (χ0n) is 17.9. The minimum Gasteiger partial charge on any atom is -0.507 e. The van der Waals surface area contributed by atoms with Crippen LogP contribution in [0, 0.1) is 0 Å². The van der Waals surface area contributed by atoms with Crippen LogP contribution in [0.25, 0.3) is 0 Å². The zero-order chi connectivity index (χ0) is 23.2. The van der Waals surface area contributed by atoms with Gasteiger partial charge in [0.05, 0.1) is 11.1 Å². The topological polar surface area (TPSA) is 77.8 Å². The number of nitrogens with zero attached hydrogens (tertiary/aromatic N) is 1. The first-order chi connectivity index (χ1) is 16.0. The van der Waals surface area contributed by atoms with Crippen LogP contribution in [0.1, 0.15) is 37.4 Å². The van der Waals surface area contributed by atoms with E-state index in [1.807, 2.05) is 60.7 Å². The van der Waals surface area contributed by atoms with Crippen molar-refractivity contribution in [2.75, 3.05) is 4.90 Å². The van der Waals surface area contributed by atoms with Crippen LogP contribution >= 0.6 is 0 Å². The fourth-order valence-corrected chi connectivity index (χ4v) is 3.77. The van der Waals surface area contributed by atoms with E-state index in [9.17, 15) is 19.8 Å². The lowest BCUT2D eigenvalue weighted by Crippen LogP contribution is -2.22. The van der Waals surface area contributed by atoms with Crippen LogP contribution in [0.2, 0.25) is 0 Å². The SMILES string of the molecule is O=C(O)c1ccccc1C(=O)c1ccc(N(Cc2ccccc2)Cc2ccccc2)cc1O. The standard InChI is InChI=1S/C28H23NO4/c30-26-17-22(15-16-25(26)27(31)23-13-7-8-14-24(23)28(32)33)29(18-20-9-3-1-4-10-20)19-21-11-5-2-6-12-21/h1-17,30H,18-19H2,(H,32,33). The second-order valence-electron chi connectivity index (χ2n) is 7.71. The van der Waals surface area contributed by atoms with E-state index in [1.54, 1.807) is 30.3 Å². The van der Waals surface area contributed by atoms with Gasteiger partial charge in [-0.25, -0.2) is 4.79 Å². The number of phenolic OH excluding ortho intramolecular Hbond substituents is 1. The van der Waals surface area contributed by atoms with Crippen molar-refractivity contribution < 1.29 is 19.8 Å². The van der Waals surface area contributed by atoms with Crippen molar-refractivity contribution in [1.29, 1.82) is 0 Å². The molecule has 33 heavy (non-hydrogen) atoms. The van der Waals surface area contributed by atoms with E-state index in [4.69, 9.17) is 0 Å². The van der Waals surface area contributed by atoms with Crippen molar-refractivity contribution in [2.24, 2.45) is 0 Å². The lowest BCUT2D eigenvalue weighted by atomic mass is 9.97. The Bertz CT molecular complexity index is 1230. The van der Waals surface area contributed by atoms with E-state index in [-0.39, 0.29) is 22.4 Å². The highest BCUT2D eigenvalue weighted by Gasteiger charge is 2.21. The molecule has 0 saturated heterocycles.